The fourth-order valence-corrected chi connectivity index (χ4v) is 2.48. The molecule has 0 amide bonds. The van der Waals surface area contributed by atoms with Crippen molar-refractivity contribution in [2.24, 2.45) is 5.92 Å². The lowest BCUT2D eigenvalue weighted by Crippen LogP contribution is -2.50. The first-order valence-corrected chi connectivity index (χ1v) is 6.09. The van der Waals surface area contributed by atoms with E-state index in [0.29, 0.717) is 12.1 Å². The van der Waals surface area contributed by atoms with E-state index in [1.165, 1.54) is 19.5 Å². The van der Waals surface area contributed by atoms with Crippen molar-refractivity contribution in [1.29, 1.82) is 0 Å². The molecule has 3 nitrogen and oxygen atoms in total. The van der Waals surface area contributed by atoms with Crippen LogP contribution in [0.3, 0.4) is 0 Å². The number of likely N-dealkylation sites (tertiary alicyclic amines) is 1. The van der Waals surface area contributed by atoms with Crippen LogP contribution in [0, 0.1) is 5.92 Å². The molecule has 0 bridgehead atoms. The second kappa shape index (κ2) is 6.46. The van der Waals surface area contributed by atoms with Crippen molar-refractivity contribution in [3.8, 4) is 0 Å². The van der Waals surface area contributed by atoms with Crippen molar-refractivity contribution >= 4 is 0 Å². The highest BCUT2D eigenvalue weighted by molar-refractivity contribution is 4.83. The van der Waals surface area contributed by atoms with E-state index in [1.807, 2.05) is 0 Å². The quantitative estimate of drug-likeness (QED) is 0.747. The first-order chi connectivity index (χ1) is 7.19. The Morgan fingerprint density at radius 2 is 2.27 bits per heavy atom. The predicted octanol–water partition coefficient (Wildman–Crippen LogP) is 1.34. The van der Waals surface area contributed by atoms with Gasteiger partial charge in [-0.3, -0.25) is 0 Å². The molecule has 0 saturated carbocycles. The topological polar surface area (TPSA) is 24.5 Å². The third-order valence-corrected chi connectivity index (χ3v) is 3.67. The van der Waals surface area contributed by atoms with E-state index in [9.17, 15) is 0 Å². The number of ether oxygens (including phenoxy) is 1. The fraction of sp³-hybridized carbons (Fsp3) is 1.00. The average molecular weight is 214 g/mol. The summed E-state index contributed by atoms with van der Waals surface area (Å²) in [4.78, 5) is 2.59. The summed E-state index contributed by atoms with van der Waals surface area (Å²) >= 11 is 0. The number of piperidine rings is 1. The summed E-state index contributed by atoms with van der Waals surface area (Å²) < 4.78 is 5.13. The van der Waals surface area contributed by atoms with Gasteiger partial charge in [-0.2, -0.15) is 0 Å². The smallest absolute Gasteiger partial charge is 0.0477 e. The molecule has 3 heteroatoms. The molecule has 0 aromatic carbocycles. The molecule has 1 rings (SSSR count). The normalized spacial score (nSPS) is 30.4. The average Bonchev–Trinajstić information content (AvgIpc) is 2.25. The molecule has 1 aliphatic rings. The standard InChI is InChI=1S/C12H26N2O/c1-10-9-14(7-5-12(10)13-3)11(2)6-8-15-4/h10-13H,5-9H2,1-4H3. The number of methoxy groups -OCH3 is 1. The van der Waals surface area contributed by atoms with Gasteiger partial charge in [0.1, 0.15) is 0 Å². The van der Waals surface area contributed by atoms with E-state index >= 15 is 0 Å². The van der Waals surface area contributed by atoms with Crippen LogP contribution in [0.1, 0.15) is 26.7 Å². The maximum Gasteiger partial charge on any atom is 0.0477 e. The molecule has 0 aromatic rings. The summed E-state index contributed by atoms with van der Waals surface area (Å²) in [6.45, 7) is 7.97. The van der Waals surface area contributed by atoms with E-state index in [-0.39, 0.29) is 0 Å². The zero-order valence-corrected chi connectivity index (χ0v) is 10.6. The SMILES string of the molecule is CNC1CCN(C(C)CCOC)CC1C. The van der Waals surface area contributed by atoms with Gasteiger partial charge in [-0.15, -0.1) is 0 Å². The van der Waals surface area contributed by atoms with Crippen molar-refractivity contribution in [1.82, 2.24) is 10.2 Å². The monoisotopic (exact) mass is 214 g/mol. The number of rotatable bonds is 5. The Morgan fingerprint density at radius 3 is 2.80 bits per heavy atom. The second-order valence-electron chi connectivity index (χ2n) is 4.79. The van der Waals surface area contributed by atoms with Gasteiger partial charge in [0.05, 0.1) is 0 Å². The highest BCUT2D eigenvalue weighted by Gasteiger charge is 2.26. The van der Waals surface area contributed by atoms with Crippen molar-refractivity contribution in [3.63, 3.8) is 0 Å². The van der Waals surface area contributed by atoms with Gasteiger partial charge in [0.25, 0.3) is 0 Å². The number of hydrogen-bond acceptors (Lipinski definition) is 3. The van der Waals surface area contributed by atoms with Gasteiger partial charge in [0.2, 0.25) is 0 Å². The minimum absolute atomic E-state index is 0.658. The summed E-state index contributed by atoms with van der Waals surface area (Å²) in [5.74, 6) is 0.758. The van der Waals surface area contributed by atoms with Crippen LogP contribution in [0.15, 0.2) is 0 Å². The Hall–Kier alpha value is -0.120. The summed E-state index contributed by atoms with van der Waals surface area (Å²) in [7, 11) is 3.85. The first-order valence-electron chi connectivity index (χ1n) is 6.09. The molecule has 3 unspecified atom stereocenters. The predicted molar refractivity (Wildman–Crippen MR) is 64.2 cm³/mol. The Kier molecular flexibility index (Phi) is 5.58. The summed E-state index contributed by atoms with van der Waals surface area (Å²) in [5.41, 5.74) is 0. The molecule has 3 atom stereocenters. The van der Waals surface area contributed by atoms with Crippen LogP contribution in [0.25, 0.3) is 0 Å². The molecule has 0 radical (unpaired) electrons. The van der Waals surface area contributed by atoms with Crippen LogP contribution in [-0.2, 0) is 4.74 Å². The summed E-state index contributed by atoms with van der Waals surface area (Å²) in [6, 6.07) is 1.36. The van der Waals surface area contributed by atoms with Gasteiger partial charge in [-0.05, 0) is 39.3 Å². The Balaban J connectivity index is 2.33. The first kappa shape index (κ1) is 12.9. The van der Waals surface area contributed by atoms with Crippen LogP contribution in [0.4, 0.5) is 0 Å². The lowest BCUT2D eigenvalue weighted by atomic mass is 9.93. The number of nitrogens with one attached hydrogen (secondary N) is 1. The molecular weight excluding hydrogens is 188 g/mol. The fourth-order valence-electron chi connectivity index (χ4n) is 2.48. The Morgan fingerprint density at radius 1 is 1.53 bits per heavy atom. The third kappa shape index (κ3) is 3.74. The number of hydrogen-bond donors (Lipinski definition) is 1. The molecule has 1 aliphatic heterocycles. The highest BCUT2D eigenvalue weighted by atomic mass is 16.5. The molecule has 1 fully saturated rings. The van der Waals surface area contributed by atoms with Gasteiger partial charge < -0.3 is 15.0 Å². The lowest BCUT2D eigenvalue weighted by Gasteiger charge is -2.40. The van der Waals surface area contributed by atoms with Gasteiger partial charge in [-0.25, -0.2) is 0 Å². The van der Waals surface area contributed by atoms with E-state index in [4.69, 9.17) is 4.74 Å². The van der Waals surface area contributed by atoms with Crippen LogP contribution < -0.4 is 5.32 Å². The lowest BCUT2D eigenvalue weighted by molar-refractivity contribution is 0.0891. The largest absolute Gasteiger partial charge is 0.385 e. The van der Waals surface area contributed by atoms with Crippen LogP contribution in [0.2, 0.25) is 0 Å². The van der Waals surface area contributed by atoms with Crippen LogP contribution in [-0.4, -0.2) is 50.8 Å². The van der Waals surface area contributed by atoms with Gasteiger partial charge in [-0.1, -0.05) is 6.92 Å². The van der Waals surface area contributed by atoms with Crippen molar-refractivity contribution in [3.05, 3.63) is 0 Å². The van der Waals surface area contributed by atoms with Gasteiger partial charge >= 0.3 is 0 Å². The molecule has 0 aliphatic carbocycles. The molecule has 90 valence electrons. The zero-order valence-electron chi connectivity index (χ0n) is 10.6. The minimum Gasteiger partial charge on any atom is -0.385 e. The van der Waals surface area contributed by atoms with Gasteiger partial charge in [0.15, 0.2) is 0 Å². The summed E-state index contributed by atoms with van der Waals surface area (Å²) in [5, 5.41) is 3.40. The van der Waals surface area contributed by atoms with Crippen LogP contribution >= 0.6 is 0 Å². The van der Waals surface area contributed by atoms with Crippen molar-refractivity contribution in [2.75, 3.05) is 33.9 Å². The molecule has 1 N–H and O–H groups in total. The maximum absolute atomic E-state index is 5.13. The number of nitrogens with zero attached hydrogens (tertiary/aromatic N) is 1. The Labute approximate surface area is 94.2 Å². The Bertz CT molecular complexity index is 175. The van der Waals surface area contributed by atoms with E-state index in [1.54, 1.807) is 7.11 Å². The molecule has 15 heavy (non-hydrogen) atoms. The molecule has 0 aromatic heterocycles. The van der Waals surface area contributed by atoms with Crippen molar-refractivity contribution < 1.29 is 4.74 Å². The summed E-state index contributed by atoms with van der Waals surface area (Å²) in [6.07, 6.45) is 2.42. The molecule has 1 heterocycles. The second-order valence-corrected chi connectivity index (χ2v) is 4.79. The van der Waals surface area contributed by atoms with Crippen LogP contribution in [0.5, 0.6) is 0 Å². The van der Waals surface area contributed by atoms with E-state index in [0.717, 1.165) is 18.9 Å². The van der Waals surface area contributed by atoms with E-state index in [2.05, 4.69) is 31.1 Å². The third-order valence-electron chi connectivity index (χ3n) is 3.67. The van der Waals surface area contributed by atoms with Crippen molar-refractivity contribution in [2.45, 2.75) is 38.8 Å². The highest BCUT2D eigenvalue weighted by Crippen LogP contribution is 2.19. The molecular formula is C12H26N2O. The maximum atomic E-state index is 5.13. The van der Waals surface area contributed by atoms with Gasteiger partial charge in [0, 0.05) is 32.3 Å². The molecule has 1 saturated heterocycles. The zero-order chi connectivity index (χ0) is 11.3. The van der Waals surface area contributed by atoms with E-state index < -0.39 is 0 Å². The molecule has 0 spiro atoms. The minimum atomic E-state index is 0.658.